The molecule has 0 aliphatic rings. The molecule has 0 saturated heterocycles. The van der Waals surface area contributed by atoms with Crippen molar-refractivity contribution in [1.29, 1.82) is 0 Å². The van der Waals surface area contributed by atoms with Gasteiger partial charge in [-0.05, 0) is 41.5 Å². The first-order valence-electron chi connectivity index (χ1n) is 7.59. The lowest BCUT2D eigenvalue weighted by molar-refractivity contribution is 0.0950. The Kier molecular flexibility index (Phi) is 5.35. The van der Waals surface area contributed by atoms with E-state index in [0.29, 0.717) is 17.5 Å². The number of halogens is 2. The van der Waals surface area contributed by atoms with E-state index >= 15 is 0 Å². The summed E-state index contributed by atoms with van der Waals surface area (Å²) in [5.74, 6) is -0.611. The van der Waals surface area contributed by atoms with Gasteiger partial charge in [0.1, 0.15) is 0 Å². The molecule has 122 valence electrons. The van der Waals surface area contributed by atoms with Crippen molar-refractivity contribution in [3.8, 4) is 0 Å². The molecule has 23 heavy (non-hydrogen) atoms. The minimum Gasteiger partial charge on any atom is -0.294 e. The second kappa shape index (κ2) is 6.91. The second-order valence-electron chi connectivity index (χ2n) is 6.92. The number of aromatic nitrogens is 1. The Labute approximate surface area is 145 Å². The number of rotatable bonds is 4. The summed E-state index contributed by atoms with van der Waals surface area (Å²) in [7, 11) is 0. The number of hydrogen-bond donors (Lipinski definition) is 0. The predicted octanol–water partition coefficient (Wildman–Crippen LogP) is 5.69. The molecule has 1 unspecified atom stereocenters. The van der Waals surface area contributed by atoms with Crippen LogP contribution in [0.3, 0.4) is 0 Å². The summed E-state index contributed by atoms with van der Waals surface area (Å²) in [5.41, 5.74) is 2.16. The summed E-state index contributed by atoms with van der Waals surface area (Å²) >= 11 is 3.43. The van der Waals surface area contributed by atoms with Gasteiger partial charge in [0, 0.05) is 28.7 Å². The Morgan fingerprint density at radius 3 is 2.43 bits per heavy atom. The van der Waals surface area contributed by atoms with Gasteiger partial charge in [-0.15, -0.1) is 0 Å². The van der Waals surface area contributed by atoms with Crippen molar-refractivity contribution in [2.75, 3.05) is 0 Å². The van der Waals surface area contributed by atoms with Crippen LogP contribution in [-0.4, -0.2) is 10.8 Å². The van der Waals surface area contributed by atoms with Gasteiger partial charge in [0.15, 0.2) is 5.78 Å². The summed E-state index contributed by atoms with van der Waals surface area (Å²) in [6, 6.07) is 9.27. The molecule has 0 amide bonds. The number of aryl methyl sites for hydroxylation is 1. The number of carbonyl (C=O) groups is 1. The van der Waals surface area contributed by atoms with Gasteiger partial charge in [-0.2, -0.15) is 4.39 Å². The Bertz CT molecular complexity index is 704. The highest BCUT2D eigenvalue weighted by Crippen LogP contribution is 2.39. The molecular formula is C19H21BrFNO. The maximum atomic E-state index is 13.4. The van der Waals surface area contributed by atoms with E-state index in [1.807, 2.05) is 24.3 Å². The van der Waals surface area contributed by atoms with Crippen LogP contribution in [0.25, 0.3) is 0 Å². The van der Waals surface area contributed by atoms with Gasteiger partial charge in [0.05, 0.1) is 0 Å². The van der Waals surface area contributed by atoms with Gasteiger partial charge in [-0.25, -0.2) is 4.98 Å². The molecule has 2 rings (SSSR count). The Balaban J connectivity index is 2.33. The van der Waals surface area contributed by atoms with Crippen LogP contribution >= 0.6 is 15.9 Å². The van der Waals surface area contributed by atoms with Gasteiger partial charge >= 0.3 is 0 Å². The van der Waals surface area contributed by atoms with E-state index in [-0.39, 0.29) is 17.1 Å². The molecule has 2 nitrogen and oxygen atoms in total. The third-order valence-electron chi connectivity index (χ3n) is 4.08. The third kappa shape index (κ3) is 4.47. The lowest BCUT2D eigenvalue weighted by Crippen LogP contribution is -2.22. The van der Waals surface area contributed by atoms with Crippen LogP contribution < -0.4 is 0 Å². The zero-order chi connectivity index (χ0) is 17.2. The van der Waals surface area contributed by atoms with Crippen LogP contribution in [0.15, 0.2) is 41.0 Å². The van der Waals surface area contributed by atoms with Crippen molar-refractivity contribution >= 4 is 21.7 Å². The highest BCUT2D eigenvalue weighted by Gasteiger charge is 2.29. The van der Waals surface area contributed by atoms with Gasteiger partial charge in [-0.3, -0.25) is 4.79 Å². The van der Waals surface area contributed by atoms with E-state index < -0.39 is 5.95 Å². The van der Waals surface area contributed by atoms with Crippen molar-refractivity contribution in [3.63, 3.8) is 0 Å². The van der Waals surface area contributed by atoms with Crippen molar-refractivity contribution in [2.24, 2.45) is 5.41 Å². The first-order chi connectivity index (χ1) is 10.7. The van der Waals surface area contributed by atoms with Gasteiger partial charge in [0.25, 0.3) is 0 Å². The molecule has 0 bridgehead atoms. The lowest BCUT2D eigenvalue weighted by atomic mass is 9.73. The Morgan fingerprint density at radius 2 is 1.87 bits per heavy atom. The molecule has 0 aliphatic heterocycles. The summed E-state index contributed by atoms with van der Waals surface area (Å²) in [5, 5.41) is 0. The molecule has 0 fully saturated rings. The second-order valence-corrected chi connectivity index (χ2v) is 7.84. The van der Waals surface area contributed by atoms with Crippen LogP contribution in [0.5, 0.6) is 0 Å². The molecule has 1 aromatic heterocycles. The van der Waals surface area contributed by atoms with Crippen molar-refractivity contribution in [3.05, 3.63) is 63.6 Å². The average Bonchev–Trinajstić information content (AvgIpc) is 2.47. The molecule has 0 spiro atoms. The summed E-state index contributed by atoms with van der Waals surface area (Å²) in [6.45, 7) is 8.14. The largest absolute Gasteiger partial charge is 0.294 e. The van der Waals surface area contributed by atoms with Crippen LogP contribution in [0.4, 0.5) is 4.39 Å². The molecule has 1 heterocycles. The minimum atomic E-state index is -0.616. The zero-order valence-electron chi connectivity index (χ0n) is 13.9. The van der Waals surface area contributed by atoms with Crippen LogP contribution in [0.2, 0.25) is 0 Å². The molecule has 0 saturated carbocycles. The molecule has 0 aliphatic carbocycles. The fourth-order valence-corrected chi connectivity index (χ4v) is 2.98. The average molecular weight is 378 g/mol. The molecule has 4 heteroatoms. The Morgan fingerprint density at radius 1 is 1.26 bits per heavy atom. The number of pyridine rings is 1. The van der Waals surface area contributed by atoms with E-state index in [9.17, 15) is 9.18 Å². The Hall–Kier alpha value is -1.55. The minimum absolute atomic E-state index is 0.0494. The van der Waals surface area contributed by atoms with Crippen LogP contribution in [-0.2, 0) is 0 Å². The smallest absolute Gasteiger partial charge is 0.213 e. The standard InChI is InChI=1S/C19H21BrFNO/c1-12-11-22-18(21)9-15(12)17(23)10-16(19(2,3)4)13-5-7-14(20)8-6-13/h5-9,11,16H,10H2,1-4H3. The number of Topliss-reactive ketones (excluding diaryl/α,β-unsaturated/α-hetero) is 1. The van der Waals surface area contributed by atoms with E-state index in [1.165, 1.54) is 12.3 Å². The number of benzene rings is 1. The fraction of sp³-hybridized carbons (Fsp3) is 0.368. The number of ketones is 1. The fourth-order valence-electron chi connectivity index (χ4n) is 2.71. The quantitative estimate of drug-likeness (QED) is 0.505. The topological polar surface area (TPSA) is 30.0 Å². The maximum Gasteiger partial charge on any atom is 0.213 e. The van der Waals surface area contributed by atoms with Gasteiger partial charge < -0.3 is 0 Å². The first kappa shape index (κ1) is 17.8. The van der Waals surface area contributed by atoms with Gasteiger partial charge in [0.2, 0.25) is 5.95 Å². The van der Waals surface area contributed by atoms with E-state index in [0.717, 1.165) is 10.0 Å². The van der Waals surface area contributed by atoms with Crippen molar-refractivity contribution in [1.82, 2.24) is 4.98 Å². The van der Waals surface area contributed by atoms with E-state index in [4.69, 9.17) is 0 Å². The summed E-state index contributed by atoms with van der Waals surface area (Å²) < 4.78 is 14.4. The van der Waals surface area contributed by atoms with Crippen molar-refractivity contribution < 1.29 is 9.18 Å². The molecular weight excluding hydrogens is 357 g/mol. The summed E-state index contributed by atoms with van der Waals surface area (Å²) in [4.78, 5) is 16.3. The third-order valence-corrected chi connectivity index (χ3v) is 4.61. The van der Waals surface area contributed by atoms with Crippen LogP contribution in [0.1, 0.15) is 54.6 Å². The van der Waals surface area contributed by atoms with E-state index in [2.05, 4.69) is 41.7 Å². The van der Waals surface area contributed by atoms with E-state index in [1.54, 1.807) is 6.92 Å². The predicted molar refractivity (Wildman–Crippen MR) is 94.2 cm³/mol. The zero-order valence-corrected chi connectivity index (χ0v) is 15.4. The highest BCUT2D eigenvalue weighted by molar-refractivity contribution is 9.10. The SMILES string of the molecule is Cc1cnc(F)cc1C(=O)CC(c1ccc(Br)cc1)C(C)(C)C. The molecule has 1 aromatic carbocycles. The monoisotopic (exact) mass is 377 g/mol. The normalized spacial score (nSPS) is 13.0. The maximum absolute atomic E-state index is 13.4. The molecule has 2 aromatic rings. The van der Waals surface area contributed by atoms with Crippen molar-refractivity contribution in [2.45, 2.75) is 40.0 Å². The lowest BCUT2D eigenvalue weighted by Gasteiger charge is -2.31. The number of hydrogen-bond acceptors (Lipinski definition) is 2. The molecule has 1 atom stereocenters. The summed E-state index contributed by atoms with van der Waals surface area (Å²) in [6.07, 6.45) is 1.75. The first-order valence-corrected chi connectivity index (χ1v) is 8.38. The highest BCUT2D eigenvalue weighted by atomic mass is 79.9. The van der Waals surface area contributed by atoms with Gasteiger partial charge in [-0.1, -0.05) is 48.8 Å². The number of carbonyl (C=O) groups excluding carboxylic acids is 1. The number of nitrogens with zero attached hydrogens (tertiary/aromatic N) is 1. The molecule has 0 N–H and O–H groups in total. The molecule has 0 radical (unpaired) electrons. The van der Waals surface area contributed by atoms with Crippen LogP contribution in [0, 0.1) is 18.3 Å².